The summed E-state index contributed by atoms with van der Waals surface area (Å²) >= 11 is 1.70. The molecule has 0 heterocycles. The molecular weight excluding hydrogens is 313 g/mol. The second kappa shape index (κ2) is 4.47. The number of Topliss-reactive ketones (excluding diaryl/α,β-unsaturated/α-hetero) is 1. The van der Waals surface area contributed by atoms with Crippen molar-refractivity contribution in [2.24, 2.45) is 0 Å². The summed E-state index contributed by atoms with van der Waals surface area (Å²) in [5.41, 5.74) is 0.128. The maximum absolute atomic E-state index is 11.2. The number of carbonyl (C=O) groups excluding carboxylic acids is 2. The number of nitro groups is 1. The zero-order valence-corrected chi connectivity index (χ0v) is 9.85. The highest BCUT2D eigenvalue weighted by molar-refractivity contribution is 14.1. The van der Waals surface area contributed by atoms with Crippen molar-refractivity contribution in [3.8, 4) is 0 Å². The SMILES string of the molecule is CC(=O)c1c(C=O)ccc([N+](=O)[O-])c1I. The molecule has 0 aromatic heterocycles. The first-order valence-corrected chi connectivity index (χ1v) is 5.00. The molecule has 0 saturated heterocycles. The lowest BCUT2D eigenvalue weighted by Crippen LogP contribution is -2.05. The second-order valence-electron chi connectivity index (χ2n) is 2.79. The minimum absolute atomic E-state index is 0.111. The zero-order valence-electron chi connectivity index (χ0n) is 7.69. The Morgan fingerprint density at radius 1 is 1.53 bits per heavy atom. The third-order valence-electron chi connectivity index (χ3n) is 1.83. The number of nitrogens with zero attached hydrogens (tertiary/aromatic N) is 1. The van der Waals surface area contributed by atoms with Gasteiger partial charge in [-0.3, -0.25) is 19.7 Å². The van der Waals surface area contributed by atoms with Crippen LogP contribution in [-0.2, 0) is 0 Å². The molecule has 0 saturated carbocycles. The quantitative estimate of drug-likeness (QED) is 0.281. The van der Waals surface area contributed by atoms with Crippen molar-refractivity contribution in [2.75, 3.05) is 0 Å². The number of halogens is 1. The maximum atomic E-state index is 11.2. The molecule has 15 heavy (non-hydrogen) atoms. The van der Waals surface area contributed by atoms with Crippen molar-refractivity contribution in [1.82, 2.24) is 0 Å². The molecule has 0 atom stereocenters. The Bertz CT molecular complexity index is 456. The highest BCUT2D eigenvalue weighted by Crippen LogP contribution is 2.26. The number of hydrogen-bond donors (Lipinski definition) is 0. The van der Waals surface area contributed by atoms with Crippen molar-refractivity contribution in [1.29, 1.82) is 0 Å². The van der Waals surface area contributed by atoms with E-state index in [4.69, 9.17) is 0 Å². The summed E-state index contributed by atoms with van der Waals surface area (Å²) in [6.45, 7) is 1.27. The van der Waals surface area contributed by atoms with Crippen LogP contribution in [0.5, 0.6) is 0 Å². The molecular formula is C9H6INO4. The largest absolute Gasteiger partial charge is 0.298 e. The van der Waals surface area contributed by atoms with Crippen molar-refractivity contribution in [3.63, 3.8) is 0 Å². The van der Waals surface area contributed by atoms with Gasteiger partial charge in [0, 0.05) is 17.2 Å². The summed E-state index contributed by atoms with van der Waals surface area (Å²) in [5.74, 6) is -0.356. The third kappa shape index (κ3) is 2.20. The molecule has 0 unspecified atom stereocenters. The van der Waals surface area contributed by atoms with E-state index in [1.165, 1.54) is 19.1 Å². The molecule has 0 radical (unpaired) electrons. The van der Waals surface area contributed by atoms with Gasteiger partial charge < -0.3 is 0 Å². The fraction of sp³-hybridized carbons (Fsp3) is 0.111. The van der Waals surface area contributed by atoms with E-state index in [0.717, 1.165) is 0 Å². The Hall–Kier alpha value is -1.31. The lowest BCUT2D eigenvalue weighted by atomic mass is 10.0. The van der Waals surface area contributed by atoms with Crippen LogP contribution in [0.2, 0.25) is 0 Å². The van der Waals surface area contributed by atoms with Crippen LogP contribution in [0.4, 0.5) is 5.69 Å². The van der Waals surface area contributed by atoms with E-state index in [2.05, 4.69) is 0 Å². The molecule has 0 fully saturated rings. The summed E-state index contributed by atoms with van der Waals surface area (Å²) < 4.78 is 0.203. The predicted molar refractivity (Wildman–Crippen MR) is 61.2 cm³/mol. The van der Waals surface area contributed by atoms with Gasteiger partial charge in [-0.25, -0.2) is 0 Å². The van der Waals surface area contributed by atoms with E-state index >= 15 is 0 Å². The molecule has 1 rings (SSSR count). The van der Waals surface area contributed by atoms with Crippen LogP contribution in [0.3, 0.4) is 0 Å². The Balaban J connectivity index is 3.56. The minimum Gasteiger partial charge on any atom is -0.298 e. The first-order valence-electron chi connectivity index (χ1n) is 3.92. The van der Waals surface area contributed by atoms with Crippen molar-refractivity contribution >= 4 is 40.3 Å². The highest BCUT2D eigenvalue weighted by atomic mass is 127. The van der Waals surface area contributed by atoms with Gasteiger partial charge in [-0.05, 0) is 35.6 Å². The molecule has 0 bridgehead atoms. The highest BCUT2D eigenvalue weighted by Gasteiger charge is 2.20. The summed E-state index contributed by atoms with van der Waals surface area (Å²) in [6, 6.07) is 2.50. The molecule has 0 aliphatic rings. The van der Waals surface area contributed by atoms with Crippen LogP contribution in [0.15, 0.2) is 12.1 Å². The van der Waals surface area contributed by atoms with Gasteiger partial charge in [0.15, 0.2) is 12.1 Å². The van der Waals surface area contributed by atoms with E-state index in [9.17, 15) is 19.7 Å². The number of ketones is 1. The first kappa shape index (κ1) is 11.8. The van der Waals surface area contributed by atoms with Gasteiger partial charge in [0.05, 0.1) is 4.92 Å². The average Bonchev–Trinajstić information content (AvgIpc) is 2.15. The Labute approximate surface area is 98.8 Å². The van der Waals surface area contributed by atoms with E-state index in [1.807, 2.05) is 0 Å². The minimum atomic E-state index is -0.581. The molecule has 0 spiro atoms. The van der Waals surface area contributed by atoms with E-state index in [1.54, 1.807) is 22.6 Å². The Morgan fingerprint density at radius 2 is 2.13 bits per heavy atom. The molecule has 5 nitrogen and oxygen atoms in total. The van der Waals surface area contributed by atoms with Gasteiger partial charge in [-0.15, -0.1) is 0 Å². The van der Waals surface area contributed by atoms with Gasteiger partial charge in [0.1, 0.15) is 3.57 Å². The van der Waals surface area contributed by atoms with Gasteiger partial charge in [0.2, 0.25) is 0 Å². The van der Waals surface area contributed by atoms with Crippen LogP contribution >= 0.6 is 22.6 Å². The molecule has 0 aliphatic carbocycles. The van der Waals surface area contributed by atoms with Crippen LogP contribution in [0, 0.1) is 13.7 Å². The molecule has 1 aromatic rings. The maximum Gasteiger partial charge on any atom is 0.283 e. The number of benzene rings is 1. The fourth-order valence-electron chi connectivity index (χ4n) is 1.18. The van der Waals surface area contributed by atoms with E-state index in [0.29, 0.717) is 6.29 Å². The molecule has 0 amide bonds. The number of rotatable bonds is 3. The van der Waals surface area contributed by atoms with Gasteiger partial charge >= 0.3 is 0 Å². The van der Waals surface area contributed by atoms with E-state index < -0.39 is 4.92 Å². The molecule has 78 valence electrons. The Kier molecular flexibility index (Phi) is 3.51. The van der Waals surface area contributed by atoms with Gasteiger partial charge in [0.25, 0.3) is 5.69 Å². The lowest BCUT2D eigenvalue weighted by molar-refractivity contribution is -0.385. The van der Waals surface area contributed by atoms with Crippen LogP contribution in [0.25, 0.3) is 0 Å². The molecule has 1 aromatic carbocycles. The van der Waals surface area contributed by atoms with Crippen LogP contribution in [0.1, 0.15) is 27.6 Å². The smallest absolute Gasteiger partial charge is 0.283 e. The first-order chi connectivity index (χ1) is 6.99. The monoisotopic (exact) mass is 319 g/mol. The standard InChI is InChI=1S/C9H6INO4/c1-5(13)8-6(4-12)2-3-7(9(8)10)11(14)15/h2-4H,1H3. The fourth-order valence-corrected chi connectivity index (χ4v) is 2.24. The molecule has 0 aliphatic heterocycles. The summed E-state index contributed by atoms with van der Waals surface area (Å²) in [4.78, 5) is 31.9. The van der Waals surface area contributed by atoms with Crippen LogP contribution < -0.4 is 0 Å². The summed E-state index contributed by atoms with van der Waals surface area (Å²) in [7, 11) is 0. The normalized spacial score (nSPS) is 9.73. The lowest BCUT2D eigenvalue weighted by Gasteiger charge is -2.03. The van der Waals surface area contributed by atoms with Crippen molar-refractivity contribution in [2.45, 2.75) is 6.92 Å². The second-order valence-corrected chi connectivity index (χ2v) is 3.87. The van der Waals surface area contributed by atoms with Crippen molar-refractivity contribution in [3.05, 3.63) is 36.9 Å². The summed E-state index contributed by atoms with van der Waals surface area (Å²) in [6.07, 6.45) is 0.516. The number of aldehydes is 1. The number of hydrogen-bond acceptors (Lipinski definition) is 4. The number of nitro benzene ring substituents is 1. The van der Waals surface area contributed by atoms with Crippen LogP contribution in [-0.4, -0.2) is 17.0 Å². The van der Waals surface area contributed by atoms with Gasteiger partial charge in [-0.2, -0.15) is 0 Å². The third-order valence-corrected chi connectivity index (χ3v) is 2.92. The topological polar surface area (TPSA) is 77.3 Å². The molecule has 6 heteroatoms. The average molecular weight is 319 g/mol. The van der Waals surface area contributed by atoms with Gasteiger partial charge in [-0.1, -0.05) is 0 Å². The predicted octanol–water partition coefficient (Wildman–Crippen LogP) is 2.21. The van der Waals surface area contributed by atoms with E-state index in [-0.39, 0.29) is 26.2 Å². The van der Waals surface area contributed by atoms with Crippen molar-refractivity contribution < 1.29 is 14.5 Å². The number of carbonyl (C=O) groups is 2. The zero-order chi connectivity index (χ0) is 11.6. The molecule has 0 N–H and O–H groups in total. The Morgan fingerprint density at radius 3 is 2.53 bits per heavy atom. The summed E-state index contributed by atoms with van der Waals surface area (Å²) in [5, 5.41) is 10.6.